The van der Waals surface area contributed by atoms with E-state index in [1.807, 2.05) is 4.90 Å². The van der Waals surface area contributed by atoms with Crippen LogP contribution in [0.15, 0.2) is 29.2 Å². The monoisotopic (exact) mass is 484 g/mol. The van der Waals surface area contributed by atoms with E-state index >= 15 is 0 Å². The Hall–Kier alpha value is -1.89. The zero-order valence-corrected chi connectivity index (χ0v) is 20.7. The van der Waals surface area contributed by atoms with Crippen LogP contribution in [0.4, 0.5) is 5.69 Å². The zero-order chi connectivity index (χ0) is 23.5. The average molecular weight is 485 g/mol. The van der Waals surface area contributed by atoms with Gasteiger partial charge in [-0.25, -0.2) is 8.42 Å². The van der Waals surface area contributed by atoms with Crippen molar-refractivity contribution in [3.05, 3.63) is 24.3 Å². The number of carbonyl (C=O) groups is 2. The van der Waals surface area contributed by atoms with Gasteiger partial charge in [-0.05, 0) is 106 Å². The van der Waals surface area contributed by atoms with Gasteiger partial charge in [0, 0.05) is 12.2 Å². The summed E-state index contributed by atoms with van der Waals surface area (Å²) in [5.74, 6) is 2.17. The van der Waals surface area contributed by atoms with Crippen molar-refractivity contribution in [2.45, 2.75) is 93.2 Å². The fourth-order valence-electron chi connectivity index (χ4n) is 8.30. The molecule has 5 saturated carbocycles. The summed E-state index contributed by atoms with van der Waals surface area (Å²) in [7, 11) is -3.31. The SMILES string of the molecule is O=C(Nc1ccc(S(=O)(=O)C2CCCC2)cc1)C1CCCN1C(=O)C12CC3CC(CC(C3)C1)C2. The van der Waals surface area contributed by atoms with Gasteiger partial charge < -0.3 is 10.2 Å². The van der Waals surface area contributed by atoms with E-state index < -0.39 is 15.9 Å². The van der Waals surface area contributed by atoms with Crippen LogP contribution in [0, 0.1) is 23.2 Å². The maximum absolute atomic E-state index is 13.8. The summed E-state index contributed by atoms with van der Waals surface area (Å²) < 4.78 is 25.7. The van der Waals surface area contributed by atoms with Crippen LogP contribution < -0.4 is 5.32 Å². The maximum atomic E-state index is 13.8. The van der Waals surface area contributed by atoms with E-state index in [4.69, 9.17) is 0 Å². The largest absolute Gasteiger partial charge is 0.330 e. The summed E-state index contributed by atoms with van der Waals surface area (Å²) in [6, 6.07) is 6.15. The average Bonchev–Trinajstić information content (AvgIpc) is 3.51. The summed E-state index contributed by atoms with van der Waals surface area (Å²) in [4.78, 5) is 29.3. The number of amides is 2. The Balaban J connectivity index is 1.14. The van der Waals surface area contributed by atoms with Gasteiger partial charge >= 0.3 is 0 Å². The van der Waals surface area contributed by atoms with Gasteiger partial charge in [0.1, 0.15) is 6.04 Å². The molecule has 0 spiro atoms. The molecule has 7 heteroatoms. The number of anilines is 1. The quantitative estimate of drug-likeness (QED) is 0.665. The molecule has 1 aromatic rings. The highest BCUT2D eigenvalue weighted by Crippen LogP contribution is 2.60. The van der Waals surface area contributed by atoms with Crippen LogP contribution in [0.1, 0.15) is 77.0 Å². The van der Waals surface area contributed by atoms with E-state index in [0.29, 0.717) is 41.3 Å². The summed E-state index contributed by atoms with van der Waals surface area (Å²) in [5.41, 5.74) is 0.359. The lowest BCUT2D eigenvalue weighted by Crippen LogP contribution is -2.56. The number of likely N-dealkylation sites (tertiary alicyclic amines) is 1. The second kappa shape index (κ2) is 8.35. The Labute approximate surface area is 202 Å². The van der Waals surface area contributed by atoms with Gasteiger partial charge in [0.25, 0.3) is 0 Å². The molecule has 0 aromatic heterocycles. The topological polar surface area (TPSA) is 83.6 Å². The minimum atomic E-state index is -3.31. The van der Waals surface area contributed by atoms with Crippen LogP contribution in [0.5, 0.6) is 0 Å². The molecule has 6 nitrogen and oxygen atoms in total. The molecule has 1 heterocycles. The fourth-order valence-corrected chi connectivity index (χ4v) is 10.2. The van der Waals surface area contributed by atoms with E-state index in [-0.39, 0.29) is 22.5 Å². The first-order valence-corrected chi connectivity index (χ1v) is 14.8. The van der Waals surface area contributed by atoms with E-state index in [0.717, 1.165) is 51.4 Å². The van der Waals surface area contributed by atoms with Crippen molar-refractivity contribution in [3.63, 3.8) is 0 Å². The Kier molecular flexibility index (Phi) is 5.54. The molecule has 1 saturated heterocycles. The van der Waals surface area contributed by atoms with Gasteiger partial charge in [-0.2, -0.15) is 0 Å². The highest BCUT2D eigenvalue weighted by molar-refractivity contribution is 7.92. The molecule has 1 aliphatic heterocycles. The molecule has 6 aliphatic rings. The van der Waals surface area contributed by atoms with Crippen LogP contribution in [-0.4, -0.2) is 43.0 Å². The standard InChI is InChI=1S/C27H36N2O4S/c30-25(28-21-7-9-23(10-8-21)34(32,33)22-4-1-2-5-22)24-6-3-11-29(24)26(31)27-15-18-12-19(16-27)14-20(13-18)17-27/h7-10,18-20,22,24H,1-6,11-17H2,(H,28,30). The molecule has 4 bridgehead atoms. The van der Waals surface area contributed by atoms with Gasteiger partial charge in [-0.3, -0.25) is 9.59 Å². The second-order valence-electron chi connectivity index (χ2n) is 11.8. The highest BCUT2D eigenvalue weighted by Gasteiger charge is 2.56. The van der Waals surface area contributed by atoms with Gasteiger partial charge in [-0.1, -0.05) is 12.8 Å². The summed E-state index contributed by atoms with van der Waals surface area (Å²) in [6.45, 7) is 0.664. The predicted octanol–water partition coefficient (Wildman–Crippen LogP) is 4.55. The lowest BCUT2D eigenvalue weighted by atomic mass is 9.49. The van der Waals surface area contributed by atoms with E-state index in [1.54, 1.807) is 24.3 Å². The molecule has 1 aromatic carbocycles. The molecular weight excluding hydrogens is 448 g/mol. The van der Waals surface area contributed by atoms with Crippen molar-refractivity contribution >= 4 is 27.3 Å². The van der Waals surface area contributed by atoms with Crippen LogP contribution in [0.25, 0.3) is 0 Å². The van der Waals surface area contributed by atoms with Gasteiger partial charge in [0.05, 0.1) is 15.6 Å². The third-order valence-electron chi connectivity index (χ3n) is 9.50. The Morgan fingerprint density at radius 3 is 2.03 bits per heavy atom. The number of hydrogen-bond acceptors (Lipinski definition) is 4. The molecule has 6 fully saturated rings. The molecule has 1 N–H and O–H groups in total. The smallest absolute Gasteiger partial charge is 0.247 e. The third-order valence-corrected chi connectivity index (χ3v) is 11.8. The molecular formula is C27H36N2O4S. The number of sulfone groups is 1. The molecule has 0 radical (unpaired) electrons. The molecule has 184 valence electrons. The Bertz CT molecular complexity index is 1040. The van der Waals surface area contributed by atoms with E-state index in [2.05, 4.69) is 5.32 Å². The van der Waals surface area contributed by atoms with Crippen molar-refractivity contribution in [2.75, 3.05) is 11.9 Å². The maximum Gasteiger partial charge on any atom is 0.247 e. The molecule has 34 heavy (non-hydrogen) atoms. The zero-order valence-electron chi connectivity index (χ0n) is 19.9. The minimum absolute atomic E-state index is 0.151. The lowest BCUT2D eigenvalue weighted by Gasteiger charge is -2.56. The van der Waals surface area contributed by atoms with E-state index in [9.17, 15) is 18.0 Å². The number of benzene rings is 1. The third kappa shape index (κ3) is 3.78. The summed E-state index contributed by atoms with van der Waals surface area (Å²) in [5, 5.41) is 2.68. The molecule has 1 unspecified atom stereocenters. The Morgan fingerprint density at radius 1 is 0.853 bits per heavy atom. The Morgan fingerprint density at radius 2 is 1.44 bits per heavy atom. The second-order valence-corrected chi connectivity index (χ2v) is 14.0. The van der Waals surface area contributed by atoms with Crippen molar-refractivity contribution in [1.29, 1.82) is 0 Å². The van der Waals surface area contributed by atoms with Crippen molar-refractivity contribution in [3.8, 4) is 0 Å². The first-order chi connectivity index (χ1) is 16.3. The normalized spacial score (nSPS) is 35.1. The van der Waals surface area contributed by atoms with Crippen molar-refractivity contribution < 1.29 is 18.0 Å². The number of nitrogens with one attached hydrogen (secondary N) is 1. The van der Waals surface area contributed by atoms with Crippen LogP contribution in [0.2, 0.25) is 0 Å². The van der Waals surface area contributed by atoms with Crippen LogP contribution >= 0.6 is 0 Å². The van der Waals surface area contributed by atoms with Crippen LogP contribution in [-0.2, 0) is 19.4 Å². The molecule has 1 atom stereocenters. The number of carbonyl (C=O) groups excluding carboxylic acids is 2. The van der Waals surface area contributed by atoms with E-state index in [1.165, 1.54) is 19.3 Å². The molecule has 5 aliphatic carbocycles. The van der Waals surface area contributed by atoms with Gasteiger partial charge in [0.2, 0.25) is 11.8 Å². The van der Waals surface area contributed by atoms with Crippen molar-refractivity contribution in [1.82, 2.24) is 4.90 Å². The number of rotatable bonds is 5. The van der Waals surface area contributed by atoms with Gasteiger partial charge in [0.15, 0.2) is 9.84 Å². The summed E-state index contributed by atoms with van der Waals surface area (Å²) >= 11 is 0. The number of hydrogen-bond donors (Lipinski definition) is 1. The van der Waals surface area contributed by atoms with Crippen LogP contribution in [0.3, 0.4) is 0 Å². The fraction of sp³-hybridized carbons (Fsp3) is 0.704. The van der Waals surface area contributed by atoms with Gasteiger partial charge in [-0.15, -0.1) is 0 Å². The van der Waals surface area contributed by atoms with Crippen molar-refractivity contribution in [2.24, 2.45) is 23.2 Å². The summed E-state index contributed by atoms with van der Waals surface area (Å²) in [6.07, 6.45) is 11.9. The number of nitrogens with zero attached hydrogens (tertiary/aromatic N) is 1. The molecule has 2 amide bonds. The molecule has 7 rings (SSSR count). The minimum Gasteiger partial charge on any atom is -0.330 e. The first-order valence-electron chi connectivity index (χ1n) is 13.3. The first kappa shape index (κ1) is 22.6. The highest BCUT2D eigenvalue weighted by atomic mass is 32.2. The predicted molar refractivity (Wildman–Crippen MR) is 130 cm³/mol. The lowest BCUT2D eigenvalue weighted by molar-refractivity contribution is -0.160.